The van der Waals surface area contributed by atoms with Crippen molar-refractivity contribution in [3.63, 3.8) is 0 Å². The molecule has 0 aliphatic carbocycles. The average molecular weight is 427 g/mol. The summed E-state index contributed by atoms with van der Waals surface area (Å²) in [5, 5.41) is 12.4. The van der Waals surface area contributed by atoms with Gasteiger partial charge in [-0.15, -0.1) is 0 Å². The van der Waals surface area contributed by atoms with Crippen molar-refractivity contribution in [2.45, 2.75) is 43.9 Å². The Labute approximate surface area is 161 Å². The van der Waals surface area contributed by atoms with Gasteiger partial charge >= 0.3 is 5.97 Å². The topological polar surface area (TPSA) is 122 Å². The molecule has 0 heterocycles. The Kier molecular flexibility index (Phi) is 8.29. The van der Waals surface area contributed by atoms with Crippen LogP contribution in [-0.4, -0.2) is 50.2 Å². The van der Waals surface area contributed by atoms with Gasteiger partial charge in [-0.1, -0.05) is 23.2 Å². The van der Waals surface area contributed by atoms with Crippen LogP contribution in [0, 0.1) is 0 Å². The SMILES string of the molecule is CC(C)NC(=O)COC(=O)C(NS(=O)(=O)c1ccc(Cl)c(Cl)c1)C(C)O. The number of sulfonamides is 1. The van der Waals surface area contributed by atoms with E-state index in [0.717, 1.165) is 6.07 Å². The number of nitrogens with one attached hydrogen (secondary N) is 2. The summed E-state index contributed by atoms with van der Waals surface area (Å²) in [6.45, 7) is 4.06. The summed E-state index contributed by atoms with van der Waals surface area (Å²) in [4.78, 5) is 23.3. The molecule has 0 fully saturated rings. The summed E-state index contributed by atoms with van der Waals surface area (Å²) >= 11 is 11.5. The number of aliphatic hydroxyl groups excluding tert-OH is 1. The lowest BCUT2D eigenvalue weighted by atomic mass is 10.2. The molecule has 1 amide bonds. The van der Waals surface area contributed by atoms with Gasteiger partial charge in [-0.2, -0.15) is 4.72 Å². The monoisotopic (exact) mass is 426 g/mol. The molecule has 1 rings (SSSR count). The second kappa shape index (κ2) is 9.52. The third-order valence-electron chi connectivity index (χ3n) is 3.02. The highest BCUT2D eigenvalue weighted by molar-refractivity contribution is 7.89. The Morgan fingerprint density at radius 3 is 2.31 bits per heavy atom. The van der Waals surface area contributed by atoms with Gasteiger partial charge in [0.15, 0.2) is 6.61 Å². The van der Waals surface area contributed by atoms with Gasteiger partial charge in [0.2, 0.25) is 10.0 Å². The number of rotatable bonds is 8. The maximum atomic E-state index is 12.4. The zero-order valence-corrected chi connectivity index (χ0v) is 16.7. The minimum absolute atomic E-state index is 0.0103. The van der Waals surface area contributed by atoms with E-state index in [-0.39, 0.29) is 21.0 Å². The van der Waals surface area contributed by atoms with Crippen molar-refractivity contribution in [1.29, 1.82) is 0 Å². The van der Waals surface area contributed by atoms with E-state index in [4.69, 9.17) is 27.9 Å². The van der Waals surface area contributed by atoms with Crippen LogP contribution < -0.4 is 10.0 Å². The Balaban J connectivity index is 2.87. The van der Waals surface area contributed by atoms with Gasteiger partial charge in [-0.25, -0.2) is 8.42 Å². The molecule has 2 unspecified atom stereocenters. The molecule has 146 valence electrons. The number of hydrogen-bond acceptors (Lipinski definition) is 6. The number of aliphatic hydroxyl groups is 1. The van der Waals surface area contributed by atoms with E-state index in [1.165, 1.54) is 19.1 Å². The van der Waals surface area contributed by atoms with Crippen LogP contribution >= 0.6 is 23.2 Å². The second-order valence-electron chi connectivity index (χ2n) is 5.75. The summed E-state index contributed by atoms with van der Waals surface area (Å²) in [6.07, 6.45) is -1.41. The van der Waals surface area contributed by atoms with Crippen LogP contribution in [0.4, 0.5) is 0 Å². The van der Waals surface area contributed by atoms with Crippen LogP contribution in [0.15, 0.2) is 23.1 Å². The highest BCUT2D eigenvalue weighted by Gasteiger charge is 2.31. The predicted molar refractivity (Wildman–Crippen MR) is 96.5 cm³/mol. The number of halogens is 2. The first-order valence-electron chi connectivity index (χ1n) is 7.55. The number of hydrogen-bond donors (Lipinski definition) is 3. The van der Waals surface area contributed by atoms with Crippen molar-refractivity contribution in [2.24, 2.45) is 0 Å². The lowest BCUT2D eigenvalue weighted by Crippen LogP contribution is -2.49. The Bertz CT molecular complexity index is 767. The van der Waals surface area contributed by atoms with Gasteiger partial charge in [0.1, 0.15) is 6.04 Å². The Hall–Kier alpha value is -1.39. The van der Waals surface area contributed by atoms with E-state index in [9.17, 15) is 23.1 Å². The molecule has 0 radical (unpaired) electrons. The Morgan fingerprint density at radius 2 is 1.81 bits per heavy atom. The predicted octanol–water partition coefficient (Wildman–Crippen LogP) is 1.09. The smallest absolute Gasteiger partial charge is 0.327 e. The molecule has 3 N–H and O–H groups in total. The van der Waals surface area contributed by atoms with E-state index in [0.29, 0.717) is 0 Å². The van der Waals surface area contributed by atoms with Crippen molar-refractivity contribution < 1.29 is 27.9 Å². The third kappa shape index (κ3) is 6.73. The van der Waals surface area contributed by atoms with Crippen LogP contribution in [0.2, 0.25) is 10.0 Å². The molecule has 0 aliphatic heterocycles. The van der Waals surface area contributed by atoms with E-state index in [1.54, 1.807) is 13.8 Å². The molecule has 0 aromatic heterocycles. The van der Waals surface area contributed by atoms with Crippen LogP contribution in [0.5, 0.6) is 0 Å². The number of amides is 1. The van der Waals surface area contributed by atoms with Gasteiger partial charge < -0.3 is 15.2 Å². The van der Waals surface area contributed by atoms with Gasteiger partial charge in [0, 0.05) is 6.04 Å². The number of esters is 1. The first-order chi connectivity index (χ1) is 11.9. The number of carbonyl (C=O) groups excluding carboxylic acids is 2. The van der Waals surface area contributed by atoms with Gasteiger partial charge in [-0.3, -0.25) is 9.59 Å². The second-order valence-corrected chi connectivity index (χ2v) is 8.27. The van der Waals surface area contributed by atoms with Gasteiger partial charge in [0.05, 0.1) is 21.0 Å². The van der Waals surface area contributed by atoms with Crippen LogP contribution in [0.1, 0.15) is 20.8 Å². The molecule has 26 heavy (non-hydrogen) atoms. The van der Waals surface area contributed by atoms with Crippen LogP contribution in [0.25, 0.3) is 0 Å². The van der Waals surface area contributed by atoms with E-state index < -0.39 is 40.7 Å². The summed E-state index contributed by atoms with van der Waals surface area (Å²) in [6, 6.07) is 1.82. The minimum atomic E-state index is -4.20. The fourth-order valence-corrected chi connectivity index (χ4v) is 3.46. The maximum absolute atomic E-state index is 12.4. The van der Waals surface area contributed by atoms with E-state index in [1.807, 2.05) is 4.72 Å². The van der Waals surface area contributed by atoms with Crippen molar-refractivity contribution >= 4 is 45.1 Å². The first-order valence-corrected chi connectivity index (χ1v) is 9.79. The number of carbonyl (C=O) groups is 2. The highest BCUT2D eigenvalue weighted by Crippen LogP contribution is 2.25. The Morgan fingerprint density at radius 1 is 1.19 bits per heavy atom. The van der Waals surface area contributed by atoms with Crippen molar-refractivity contribution in [3.05, 3.63) is 28.2 Å². The van der Waals surface area contributed by atoms with Crippen LogP contribution in [0.3, 0.4) is 0 Å². The van der Waals surface area contributed by atoms with E-state index >= 15 is 0 Å². The fourth-order valence-electron chi connectivity index (χ4n) is 1.81. The number of benzene rings is 1. The van der Waals surface area contributed by atoms with Crippen molar-refractivity contribution in [2.75, 3.05) is 6.61 Å². The highest BCUT2D eigenvalue weighted by atomic mass is 35.5. The molecule has 0 saturated heterocycles. The molecule has 0 bridgehead atoms. The molecule has 8 nitrogen and oxygen atoms in total. The summed E-state index contributed by atoms with van der Waals surface area (Å²) in [5.74, 6) is -1.65. The molecule has 0 aliphatic rings. The molecule has 2 atom stereocenters. The molecule has 1 aromatic carbocycles. The molecule has 1 aromatic rings. The molecular formula is C15H20Cl2N2O6S. The zero-order chi connectivity index (χ0) is 20.1. The van der Waals surface area contributed by atoms with Crippen molar-refractivity contribution in [1.82, 2.24) is 10.0 Å². The number of ether oxygens (including phenoxy) is 1. The summed E-state index contributed by atoms with van der Waals surface area (Å²) in [7, 11) is -4.20. The van der Waals surface area contributed by atoms with E-state index in [2.05, 4.69) is 5.32 Å². The fraction of sp³-hybridized carbons (Fsp3) is 0.467. The van der Waals surface area contributed by atoms with Crippen LogP contribution in [-0.2, 0) is 24.3 Å². The zero-order valence-electron chi connectivity index (χ0n) is 14.3. The molecular weight excluding hydrogens is 407 g/mol. The van der Waals surface area contributed by atoms with Gasteiger partial charge in [-0.05, 0) is 39.0 Å². The minimum Gasteiger partial charge on any atom is -0.454 e. The standard InChI is InChI=1S/C15H20Cl2N2O6S/c1-8(2)18-13(21)7-25-15(22)14(9(3)20)19-26(23,24)10-4-5-11(16)12(17)6-10/h4-6,8-9,14,19-20H,7H2,1-3H3,(H,18,21). The molecule has 0 saturated carbocycles. The third-order valence-corrected chi connectivity index (χ3v) is 5.19. The maximum Gasteiger partial charge on any atom is 0.327 e. The van der Waals surface area contributed by atoms with Crippen molar-refractivity contribution in [3.8, 4) is 0 Å². The lowest BCUT2D eigenvalue weighted by molar-refractivity contribution is -0.152. The summed E-state index contributed by atoms with van der Waals surface area (Å²) < 4.78 is 31.6. The van der Waals surface area contributed by atoms with Gasteiger partial charge in [0.25, 0.3) is 5.91 Å². The quantitative estimate of drug-likeness (QED) is 0.534. The largest absolute Gasteiger partial charge is 0.454 e. The normalized spacial score (nSPS) is 14.0. The average Bonchev–Trinajstić information content (AvgIpc) is 2.52. The summed E-state index contributed by atoms with van der Waals surface area (Å²) in [5.41, 5.74) is 0. The molecule has 11 heteroatoms. The lowest BCUT2D eigenvalue weighted by Gasteiger charge is -2.20. The molecule has 0 spiro atoms. The first kappa shape index (κ1) is 22.7.